The minimum atomic E-state index is -0.313. The van der Waals surface area contributed by atoms with Crippen LogP contribution in [0.4, 0.5) is 16.3 Å². The molecule has 0 spiro atoms. The molecule has 2 aromatic rings. The third-order valence-electron chi connectivity index (χ3n) is 3.82. The quantitative estimate of drug-likeness (QED) is 0.865. The summed E-state index contributed by atoms with van der Waals surface area (Å²) in [5.41, 5.74) is 0.634. The van der Waals surface area contributed by atoms with E-state index < -0.39 is 0 Å². The van der Waals surface area contributed by atoms with Gasteiger partial charge < -0.3 is 24.8 Å². The highest BCUT2D eigenvalue weighted by atomic mass is 16.5. The SMILES string of the molecule is C[C@@H](NC(=O)Nc1ccc(N2CCOCC2)nc1)c1nncn1C. The lowest BCUT2D eigenvalue weighted by molar-refractivity contribution is 0.122. The number of carbonyl (C=O) groups excluding carboxylic acids is 1. The van der Waals surface area contributed by atoms with Gasteiger partial charge in [-0.3, -0.25) is 0 Å². The molecule has 3 heterocycles. The third-order valence-corrected chi connectivity index (χ3v) is 3.82. The van der Waals surface area contributed by atoms with Crippen LogP contribution in [0, 0.1) is 0 Å². The summed E-state index contributed by atoms with van der Waals surface area (Å²) in [6.45, 7) is 4.93. The molecule has 2 N–H and O–H groups in total. The molecular weight excluding hydrogens is 310 g/mol. The molecule has 1 aliphatic rings. The Kier molecular flexibility index (Phi) is 4.90. The predicted molar refractivity (Wildman–Crippen MR) is 88.8 cm³/mol. The van der Waals surface area contributed by atoms with Crippen molar-refractivity contribution in [1.29, 1.82) is 0 Å². The van der Waals surface area contributed by atoms with Gasteiger partial charge in [-0.05, 0) is 19.1 Å². The maximum atomic E-state index is 12.1. The summed E-state index contributed by atoms with van der Waals surface area (Å²) < 4.78 is 7.09. The molecule has 0 unspecified atom stereocenters. The largest absolute Gasteiger partial charge is 0.378 e. The van der Waals surface area contributed by atoms with Crippen molar-refractivity contribution in [2.75, 3.05) is 36.5 Å². The molecule has 2 amide bonds. The van der Waals surface area contributed by atoms with Gasteiger partial charge in [-0.1, -0.05) is 0 Å². The van der Waals surface area contributed by atoms with Crippen LogP contribution in [0.1, 0.15) is 18.8 Å². The van der Waals surface area contributed by atoms with Crippen molar-refractivity contribution in [1.82, 2.24) is 25.1 Å². The molecule has 0 saturated carbocycles. The lowest BCUT2D eigenvalue weighted by Crippen LogP contribution is -2.36. The second-order valence-corrected chi connectivity index (χ2v) is 5.62. The smallest absolute Gasteiger partial charge is 0.319 e. The van der Waals surface area contributed by atoms with Gasteiger partial charge >= 0.3 is 6.03 Å². The maximum absolute atomic E-state index is 12.1. The molecule has 1 saturated heterocycles. The number of morpholine rings is 1. The molecule has 128 valence electrons. The normalized spacial score (nSPS) is 15.8. The van der Waals surface area contributed by atoms with E-state index in [1.54, 1.807) is 17.1 Å². The first kappa shape index (κ1) is 16.2. The van der Waals surface area contributed by atoms with Crippen LogP contribution >= 0.6 is 0 Å². The molecule has 1 atom stereocenters. The van der Waals surface area contributed by atoms with Gasteiger partial charge in [-0.2, -0.15) is 0 Å². The zero-order valence-corrected chi connectivity index (χ0v) is 13.8. The van der Waals surface area contributed by atoms with E-state index in [9.17, 15) is 4.79 Å². The number of ether oxygens (including phenoxy) is 1. The average Bonchev–Trinajstić information content (AvgIpc) is 3.02. The minimum Gasteiger partial charge on any atom is -0.378 e. The molecular formula is C15H21N7O2. The Morgan fingerprint density at radius 1 is 1.33 bits per heavy atom. The molecule has 0 aromatic carbocycles. The fourth-order valence-corrected chi connectivity index (χ4v) is 2.55. The Balaban J connectivity index is 1.55. The highest BCUT2D eigenvalue weighted by Gasteiger charge is 2.15. The van der Waals surface area contributed by atoms with E-state index in [1.165, 1.54) is 0 Å². The van der Waals surface area contributed by atoms with E-state index in [0.717, 1.165) is 18.9 Å². The summed E-state index contributed by atoms with van der Waals surface area (Å²) in [6.07, 6.45) is 3.25. The molecule has 9 nitrogen and oxygen atoms in total. The Morgan fingerprint density at radius 2 is 2.12 bits per heavy atom. The topological polar surface area (TPSA) is 97.2 Å². The highest BCUT2D eigenvalue weighted by molar-refractivity contribution is 5.89. The van der Waals surface area contributed by atoms with Gasteiger partial charge in [0.15, 0.2) is 5.82 Å². The lowest BCUT2D eigenvalue weighted by Gasteiger charge is -2.27. The first-order valence-electron chi connectivity index (χ1n) is 7.83. The van der Waals surface area contributed by atoms with Crippen molar-refractivity contribution in [3.8, 4) is 0 Å². The Bertz CT molecular complexity index is 679. The summed E-state index contributed by atoms with van der Waals surface area (Å²) in [4.78, 5) is 18.6. The van der Waals surface area contributed by atoms with Gasteiger partial charge in [0, 0.05) is 20.1 Å². The van der Waals surface area contributed by atoms with Gasteiger partial charge in [0.2, 0.25) is 0 Å². The average molecular weight is 331 g/mol. The summed E-state index contributed by atoms with van der Waals surface area (Å²) in [7, 11) is 1.83. The van der Waals surface area contributed by atoms with E-state index in [0.29, 0.717) is 24.7 Å². The van der Waals surface area contributed by atoms with E-state index in [2.05, 4.69) is 30.7 Å². The number of urea groups is 1. The molecule has 24 heavy (non-hydrogen) atoms. The number of hydrogen-bond acceptors (Lipinski definition) is 6. The first-order chi connectivity index (χ1) is 11.6. The van der Waals surface area contributed by atoms with Gasteiger partial charge in [-0.15, -0.1) is 10.2 Å². The summed E-state index contributed by atoms with van der Waals surface area (Å²) in [5, 5.41) is 13.4. The fourth-order valence-electron chi connectivity index (χ4n) is 2.55. The third kappa shape index (κ3) is 3.80. The second-order valence-electron chi connectivity index (χ2n) is 5.62. The molecule has 0 aliphatic carbocycles. The van der Waals surface area contributed by atoms with Gasteiger partial charge in [0.05, 0.1) is 31.1 Å². The molecule has 0 bridgehead atoms. The van der Waals surface area contributed by atoms with Crippen molar-refractivity contribution in [2.45, 2.75) is 13.0 Å². The Labute approximate surface area is 140 Å². The number of amides is 2. The lowest BCUT2D eigenvalue weighted by atomic mass is 10.3. The van der Waals surface area contributed by atoms with Crippen LogP contribution in [0.25, 0.3) is 0 Å². The van der Waals surface area contributed by atoms with E-state index >= 15 is 0 Å². The number of anilines is 2. The number of nitrogens with zero attached hydrogens (tertiary/aromatic N) is 5. The van der Waals surface area contributed by atoms with Crippen molar-refractivity contribution >= 4 is 17.5 Å². The van der Waals surface area contributed by atoms with Crippen molar-refractivity contribution in [3.05, 3.63) is 30.5 Å². The number of pyridine rings is 1. The van der Waals surface area contributed by atoms with Gasteiger partial charge in [0.1, 0.15) is 12.1 Å². The predicted octanol–water partition coefficient (Wildman–Crippen LogP) is 0.929. The number of rotatable bonds is 4. The maximum Gasteiger partial charge on any atom is 0.319 e. The molecule has 1 fully saturated rings. The minimum absolute atomic E-state index is 0.252. The zero-order chi connectivity index (χ0) is 16.9. The second kappa shape index (κ2) is 7.26. The zero-order valence-electron chi connectivity index (χ0n) is 13.8. The van der Waals surface area contributed by atoms with Crippen LogP contribution in [0.5, 0.6) is 0 Å². The first-order valence-corrected chi connectivity index (χ1v) is 7.83. The number of hydrogen-bond donors (Lipinski definition) is 2. The van der Waals surface area contributed by atoms with Crippen LogP contribution in [-0.2, 0) is 11.8 Å². The molecule has 1 aliphatic heterocycles. The van der Waals surface area contributed by atoms with Crippen LogP contribution < -0.4 is 15.5 Å². The van der Waals surface area contributed by atoms with Crippen LogP contribution in [0.15, 0.2) is 24.7 Å². The van der Waals surface area contributed by atoms with E-state index in [1.807, 2.05) is 26.1 Å². The van der Waals surface area contributed by atoms with Crippen LogP contribution in [0.2, 0.25) is 0 Å². The summed E-state index contributed by atoms with van der Waals surface area (Å²) in [5.74, 6) is 1.57. The summed E-state index contributed by atoms with van der Waals surface area (Å²) in [6, 6.07) is 3.17. The van der Waals surface area contributed by atoms with Crippen LogP contribution in [0.3, 0.4) is 0 Å². The molecule has 3 rings (SSSR count). The number of nitrogens with one attached hydrogen (secondary N) is 2. The molecule has 0 radical (unpaired) electrons. The Morgan fingerprint density at radius 3 is 2.75 bits per heavy atom. The number of carbonyl (C=O) groups is 1. The molecule has 9 heteroatoms. The summed E-state index contributed by atoms with van der Waals surface area (Å²) >= 11 is 0. The highest BCUT2D eigenvalue weighted by Crippen LogP contribution is 2.15. The van der Waals surface area contributed by atoms with Crippen molar-refractivity contribution in [3.63, 3.8) is 0 Å². The van der Waals surface area contributed by atoms with Gasteiger partial charge in [-0.25, -0.2) is 9.78 Å². The van der Waals surface area contributed by atoms with Crippen LogP contribution in [-0.4, -0.2) is 52.1 Å². The molecule has 2 aromatic heterocycles. The standard InChI is InChI=1S/C15H21N7O2/c1-11(14-20-17-10-21(14)2)18-15(23)19-12-3-4-13(16-9-12)22-5-7-24-8-6-22/h3-4,9-11H,5-8H2,1-2H3,(H2,18,19,23)/t11-/m1/s1. The number of aromatic nitrogens is 4. The number of aryl methyl sites for hydroxylation is 1. The van der Waals surface area contributed by atoms with Gasteiger partial charge in [0.25, 0.3) is 0 Å². The van der Waals surface area contributed by atoms with Crippen molar-refractivity contribution in [2.24, 2.45) is 7.05 Å². The monoisotopic (exact) mass is 331 g/mol. The Hall–Kier alpha value is -2.68. The van der Waals surface area contributed by atoms with Crippen molar-refractivity contribution < 1.29 is 9.53 Å². The van der Waals surface area contributed by atoms with E-state index in [4.69, 9.17) is 4.74 Å². The van der Waals surface area contributed by atoms with E-state index in [-0.39, 0.29) is 12.1 Å². The fraction of sp³-hybridized carbons (Fsp3) is 0.467.